The second-order valence-electron chi connectivity index (χ2n) is 4.37. The van der Waals surface area contributed by atoms with Gasteiger partial charge in [0.2, 0.25) is 0 Å². The fraction of sp³-hybridized carbons (Fsp3) is 0.636. The van der Waals surface area contributed by atoms with Gasteiger partial charge in [0.05, 0.1) is 33.8 Å². The van der Waals surface area contributed by atoms with Crippen LogP contribution in [0.1, 0.15) is 15.4 Å². The Kier molecular flexibility index (Phi) is 3.55. The Morgan fingerprint density at radius 3 is 2.71 bits per heavy atom. The summed E-state index contributed by atoms with van der Waals surface area (Å²) in [6, 6.07) is -1.17. The maximum atomic E-state index is 13.0. The van der Waals surface area contributed by atoms with Crippen LogP contribution in [0.2, 0.25) is 0 Å². The molecule has 1 aromatic rings. The van der Waals surface area contributed by atoms with Crippen molar-refractivity contribution < 1.29 is 29.4 Å². The molecular weight excluding hydrogens is 299 g/mol. The predicted octanol–water partition coefficient (Wildman–Crippen LogP) is 1.88. The van der Waals surface area contributed by atoms with Crippen LogP contribution in [0.4, 0.5) is 27.8 Å². The zero-order chi connectivity index (χ0) is 17.5. The molecular formula is C11H13F5N4O. The fourth-order valence-electron chi connectivity index (χ4n) is 1.64. The van der Waals surface area contributed by atoms with E-state index < -0.39 is 43.2 Å². The number of morpholine rings is 1. The maximum Gasteiger partial charge on any atom is 0.434 e. The van der Waals surface area contributed by atoms with E-state index in [0.29, 0.717) is 12.4 Å². The molecule has 2 heterocycles. The first-order chi connectivity index (χ1) is 10.4. The summed E-state index contributed by atoms with van der Waals surface area (Å²) in [7, 11) is 0. The molecule has 1 aliphatic heterocycles. The number of rotatable bonds is 3. The summed E-state index contributed by atoms with van der Waals surface area (Å²) in [6.45, 7) is -1.95. The molecule has 2 atom stereocenters. The van der Waals surface area contributed by atoms with Gasteiger partial charge in [0.15, 0.2) is 5.69 Å². The molecule has 21 heavy (non-hydrogen) atoms. The third-order valence-corrected chi connectivity index (χ3v) is 2.65. The molecule has 0 bridgehead atoms. The smallest absolute Gasteiger partial charge is 0.367 e. The molecule has 2 rings (SSSR count). The molecule has 2 N–H and O–H groups in total. The van der Waals surface area contributed by atoms with Crippen LogP contribution < -0.4 is 10.6 Å². The molecule has 5 nitrogen and oxygen atoms in total. The summed E-state index contributed by atoms with van der Waals surface area (Å²) >= 11 is 0. The van der Waals surface area contributed by atoms with Crippen molar-refractivity contribution >= 4 is 5.82 Å². The predicted molar refractivity (Wildman–Crippen MR) is 62.8 cm³/mol. The van der Waals surface area contributed by atoms with Gasteiger partial charge in [0, 0.05) is 6.50 Å². The van der Waals surface area contributed by atoms with E-state index in [4.69, 9.17) is 2.74 Å². The van der Waals surface area contributed by atoms with Crippen molar-refractivity contribution in [1.29, 1.82) is 0 Å². The van der Waals surface area contributed by atoms with Gasteiger partial charge >= 0.3 is 12.3 Å². The van der Waals surface area contributed by atoms with E-state index in [2.05, 4.69) is 25.3 Å². The summed E-state index contributed by atoms with van der Waals surface area (Å²) < 4.78 is 83.4. The summed E-state index contributed by atoms with van der Waals surface area (Å²) in [5, 5.41) is 4.54. The van der Waals surface area contributed by atoms with Gasteiger partial charge in [-0.3, -0.25) is 0 Å². The van der Waals surface area contributed by atoms with E-state index in [1.807, 2.05) is 0 Å². The molecule has 1 fully saturated rings. The first kappa shape index (κ1) is 13.1. The Morgan fingerprint density at radius 2 is 2.19 bits per heavy atom. The van der Waals surface area contributed by atoms with Crippen LogP contribution in [0.3, 0.4) is 0 Å². The molecule has 1 aliphatic rings. The van der Waals surface area contributed by atoms with Gasteiger partial charge in [-0.05, 0) is 6.92 Å². The lowest BCUT2D eigenvalue weighted by atomic mass is 10.1. The van der Waals surface area contributed by atoms with Crippen LogP contribution in [-0.4, -0.2) is 41.3 Å². The van der Waals surface area contributed by atoms with E-state index in [0.717, 1.165) is 0 Å². The zero-order valence-electron chi connectivity index (χ0n) is 12.7. The number of nitrogens with zero attached hydrogens (tertiary/aromatic N) is 2. The van der Waals surface area contributed by atoms with Crippen LogP contribution in [0.5, 0.6) is 0 Å². The highest BCUT2D eigenvalue weighted by Gasteiger charge is 2.40. The lowest BCUT2D eigenvalue weighted by Gasteiger charge is -2.35. The minimum Gasteiger partial charge on any atom is -0.367 e. The quantitative estimate of drug-likeness (QED) is 0.834. The van der Waals surface area contributed by atoms with Crippen LogP contribution in [0.25, 0.3) is 0 Å². The number of anilines is 1. The van der Waals surface area contributed by atoms with Crippen molar-refractivity contribution in [3.63, 3.8) is 0 Å². The Bertz CT molecular complexity index is 554. The van der Waals surface area contributed by atoms with Gasteiger partial charge in [0.25, 0.3) is 0 Å². The van der Waals surface area contributed by atoms with Crippen molar-refractivity contribution in [3.05, 3.63) is 18.1 Å². The third-order valence-electron chi connectivity index (χ3n) is 2.65. The highest BCUT2D eigenvalue weighted by atomic mass is 19.4. The number of hydrogen-bond acceptors (Lipinski definition) is 5. The van der Waals surface area contributed by atoms with E-state index in [1.54, 1.807) is 0 Å². The first-order valence-corrected chi connectivity index (χ1v) is 5.87. The van der Waals surface area contributed by atoms with Crippen molar-refractivity contribution in [3.8, 4) is 0 Å². The fourth-order valence-corrected chi connectivity index (χ4v) is 1.64. The van der Waals surface area contributed by atoms with Crippen molar-refractivity contribution in [1.82, 2.24) is 15.3 Å². The molecule has 0 saturated carbocycles. The average molecular weight is 314 g/mol. The van der Waals surface area contributed by atoms with E-state index >= 15 is 0 Å². The van der Waals surface area contributed by atoms with Gasteiger partial charge in [-0.25, -0.2) is 9.97 Å². The molecule has 0 amide bonds. The van der Waals surface area contributed by atoms with Gasteiger partial charge in [-0.15, -0.1) is 0 Å². The SMILES string of the molecule is [2H]C([2H])(Nc1cnc(C(F)(F)F)cn1)[C@H]1NCC(F)(F)O[C@H]1C. The molecule has 1 aromatic heterocycles. The second-order valence-corrected chi connectivity index (χ2v) is 4.37. The first-order valence-electron chi connectivity index (χ1n) is 6.87. The largest absolute Gasteiger partial charge is 0.434 e. The highest BCUT2D eigenvalue weighted by molar-refractivity contribution is 5.31. The maximum absolute atomic E-state index is 13.0. The summed E-state index contributed by atoms with van der Waals surface area (Å²) in [6.07, 6.45) is -8.11. The zero-order valence-corrected chi connectivity index (χ0v) is 10.7. The number of hydrogen-bond donors (Lipinski definition) is 2. The Labute approximate surface area is 119 Å². The number of halogens is 5. The topological polar surface area (TPSA) is 59.1 Å². The molecule has 0 unspecified atom stereocenters. The summed E-state index contributed by atoms with van der Waals surface area (Å²) in [5.41, 5.74) is -1.23. The third kappa shape index (κ3) is 4.21. The number of alkyl halides is 5. The minimum atomic E-state index is -4.66. The van der Waals surface area contributed by atoms with Gasteiger partial charge < -0.3 is 15.4 Å². The lowest BCUT2D eigenvalue weighted by Crippen LogP contribution is -2.57. The normalized spacial score (nSPS) is 27.7. The number of nitrogens with one attached hydrogen (secondary N) is 2. The monoisotopic (exact) mass is 314 g/mol. The minimum absolute atomic E-state index is 0.269. The molecule has 0 radical (unpaired) electrons. The molecule has 1 saturated heterocycles. The summed E-state index contributed by atoms with van der Waals surface area (Å²) in [4.78, 5) is 6.56. The molecule has 0 spiro atoms. The lowest BCUT2D eigenvalue weighted by molar-refractivity contribution is -0.278. The van der Waals surface area contributed by atoms with Crippen molar-refractivity contribution in [2.45, 2.75) is 31.4 Å². The van der Waals surface area contributed by atoms with Gasteiger partial charge in [-0.1, -0.05) is 0 Å². The van der Waals surface area contributed by atoms with Gasteiger partial charge in [-0.2, -0.15) is 22.0 Å². The number of aromatic nitrogens is 2. The average Bonchev–Trinajstić information content (AvgIpc) is 2.35. The molecule has 118 valence electrons. The second kappa shape index (κ2) is 5.68. The van der Waals surface area contributed by atoms with Crippen LogP contribution >= 0.6 is 0 Å². The van der Waals surface area contributed by atoms with Crippen LogP contribution in [0.15, 0.2) is 12.4 Å². The van der Waals surface area contributed by atoms with Crippen LogP contribution in [0, 0.1) is 0 Å². The Balaban J connectivity index is 2.09. The Morgan fingerprint density at radius 1 is 1.48 bits per heavy atom. The molecule has 0 aromatic carbocycles. The van der Waals surface area contributed by atoms with Crippen molar-refractivity contribution in [2.75, 3.05) is 18.4 Å². The van der Waals surface area contributed by atoms with E-state index in [-0.39, 0.29) is 5.82 Å². The van der Waals surface area contributed by atoms with Crippen LogP contribution in [-0.2, 0) is 10.9 Å². The standard InChI is InChI=1S/C11H13F5N4O/c1-6-7(20-5-10(12,13)21-6)2-18-9-4-17-8(3-19-9)11(14,15)16/h3-4,6-7,20H,2,5H2,1H3,(H,18,19)/t6-,7+/m0/s1/i2D2. The van der Waals surface area contributed by atoms with Crippen molar-refractivity contribution in [2.24, 2.45) is 0 Å². The van der Waals surface area contributed by atoms with E-state index in [1.165, 1.54) is 6.92 Å². The Hall–Kier alpha value is -1.55. The molecule has 0 aliphatic carbocycles. The highest BCUT2D eigenvalue weighted by Crippen LogP contribution is 2.27. The number of ether oxygens (including phenoxy) is 1. The summed E-state index contributed by atoms with van der Waals surface area (Å²) in [5.74, 6) is -0.269. The van der Waals surface area contributed by atoms with E-state index in [9.17, 15) is 22.0 Å². The van der Waals surface area contributed by atoms with Gasteiger partial charge in [0.1, 0.15) is 5.82 Å². The molecule has 10 heteroatoms.